The topological polar surface area (TPSA) is 55.1 Å². The number of nitrogens with zero attached hydrogens (tertiary/aromatic N) is 4. The van der Waals surface area contributed by atoms with E-state index in [0.717, 1.165) is 17.8 Å². The van der Waals surface area contributed by atoms with E-state index in [4.69, 9.17) is 11.6 Å². The molecule has 3 rings (SSSR count). The van der Waals surface area contributed by atoms with E-state index in [1.807, 2.05) is 0 Å². The van der Waals surface area contributed by atoms with Gasteiger partial charge in [-0.05, 0) is 32.1 Å². The lowest BCUT2D eigenvalue weighted by molar-refractivity contribution is 0.694. The summed E-state index contributed by atoms with van der Waals surface area (Å²) in [4.78, 5) is 8.55. The Morgan fingerprint density at radius 2 is 2.20 bits per heavy atom. The SMILES string of the molecule is CCC(C)Nc1c(C2CCCC2)c(Cl)nc2ncnn12. The van der Waals surface area contributed by atoms with Crippen LogP contribution in [0.1, 0.15) is 57.4 Å². The number of rotatable bonds is 4. The van der Waals surface area contributed by atoms with Gasteiger partial charge in [-0.3, -0.25) is 0 Å². The zero-order valence-corrected chi connectivity index (χ0v) is 12.7. The molecule has 5 nitrogen and oxygen atoms in total. The summed E-state index contributed by atoms with van der Waals surface area (Å²) < 4.78 is 1.78. The van der Waals surface area contributed by atoms with Gasteiger partial charge in [0.15, 0.2) is 0 Å². The first kappa shape index (κ1) is 13.6. The first-order valence-corrected chi connectivity index (χ1v) is 7.74. The molecule has 0 spiro atoms. The van der Waals surface area contributed by atoms with E-state index in [2.05, 4.69) is 34.2 Å². The average molecular weight is 294 g/mol. The molecule has 0 bridgehead atoms. The third kappa shape index (κ3) is 2.35. The Morgan fingerprint density at radius 1 is 1.45 bits per heavy atom. The molecule has 20 heavy (non-hydrogen) atoms. The number of hydrogen-bond donors (Lipinski definition) is 1. The van der Waals surface area contributed by atoms with Gasteiger partial charge in [0.05, 0.1) is 0 Å². The first-order valence-electron chi connectivity index (χ1n) is 7.36. The molecule has 2 heterocycles. The van der Waals surface area contributed by atoms with Crippen molar-refractivity contribution in [2.45, 2.75) is 57.9 Å². The van der Waals surface area contributed by atoms with Gasteiger partial charge in [-0.1, -0.05) is 31.4 Å². The summed E-state index contributed by atoms with van der Waals surface area (Å²) in [6.45, 7) is 4.32. The quantitative estimate of drug-likeness (QED) is 0.874. The molecule has 1 aliphatic rings. The van der Waals surface area contributed by atoms with Gasteiger partial charge in [0, 0.05) is 11.6 Å². The number of anilines is 1. The summed E-state index contributed by atoms with van der Waals surface area (Å²) in [5, 5.41) is 8.42. The van der Waals surface area contributed by atoms with Crippen molar-refractivity contribution in [3.8, 4) is 0 Å². The van der Waals surface area contributed by atoms with E-state index in [1.54, 1.807) is 4.52 Å². The average Bonchev–Trinajstić information content (AvgIpc) is 3.08. The van der Waals surface area contributed by atoms with Crippen molar-refractivity contribution in [3.63, 3.8) is 0 Å². The number of halogens is 1. The normalized spacial score (nSPS) is 17.8. The summed E-state index contributed by atoms with van der Waals surface area (Å²) in [6, 6.07) is 0.362. The largest absolute Gasteiger partial charge is 0.367 e. The third-order valence-corrected chi connectivity index (χ3v) is 4.46. The van der Waals surface area contributed by atoms with Crippen molar-refractivity contribution < 1.29 is 0 Å². The minimum Gasteiger partial charge on any atom is -0.367 e. The second-order valence-corrected chi connectivity index (χ2v) is 5.93. The minimum absolute atomic E-state index is 0.362. The van der Waals surface area contributed by atoms with Gasteiger partial charge < -0.3 is 5.32 Å². The Labute approximate surface area is 123 Å². The lowest BCUT2D eigenvalue weighted by Crippen LogP contribution is -2.19. The summed E-state index contributed by atoms with van der Waals surface area (Å²) in [5.41, 5.74) is 1.11. The van der Waals surface area contributed by atoms with Crippen molar-refractivity contribution >= 4 is 23.2 Å². The van der Waals surface area contributed by atoms with E-state index >= 15 is 0 Å². The summed E-state index contributed by atoms with van der Waals surface area (Å²) in [6.07, 6.45) is 7.45. The van der Waals surface area contributed by atoms with Gasteiger partial charge >= 0.3 is 0 Å². The molecule has 0 amide bonds. The highest BCUT2D eigenvalue weighted by Crippen LogP contribution is 2.41. The van der Waals surface area contributed by atoms with E-state index in [0.29, 0.717) is 22.9 Å². The fourth-order valence-corrected chi connectivity index (χ4v) is 3.20. The minimum atomic E-state index is 0.362. The summed E-state index contributed by atoms with van der Waals surface area (Å²) in [7, 11) is 0. The maximum absolute atomic E-state index is 6.44. The Bertz CT molecular complexity index is 603. The summed E-state index contributed by atoms with van der Waals surface area (Å²) >= 11 is 6.44. The molecule has 2 aromatic heterocycles. The van der Waals surface area contributed by atoms with Crippen molar-refractivity contribution in [1.82, 2.24) is 19.6 Å². The second kappa shape index (κ2) is 5.56. The Morgan fingerprint density at radius 3 is 2.90 bits per heavy atom. The van der Waals surface area contributed by atoms with E-state index in [-0.39, 0.29) is 0 Å². The van der Waals surface area contributed by atoms with Crippen LogP contribution >= 0.6 is 11.6 Å². The van der Waals surface area contributed by atoms with Gasteiger partial charge in [0.25, 0.3) is 5.78 Å². The van der Waals surface area contributed by atoms with E-state index in [1.165, 1.54) is 32.0 Å². The highest BCUT2D eigenvalue weighted by Gasteiger charge is 2.26. The highest BCUT2D eigenvalue weighted by atomic mass is 35.5. The molecule has 0 saturated heterocycles. The van der Waals surface area contributed by atoms with Crippen molar-refractivity contribution in [2.24, 2.45) is 0 Å². The molecule has 1 unspecified atom stereocenters. The van der Waals surface area contributed by atoms with Crippen LogP contribution in [0.5, 0.6) is 0 Å². The molecule has 1 atom stereocenters. The number of hydrogen-bond acceptors (Lipinski definition) is 4. The number of nitrogens with one attached hydrogen (secondary N) is 1. The van der Waals surface area contributed by atoms with E-state index in [9.17, 15) is 0 Å². The Balaban J connectivity index is 2.13. The fraction of sp³-hybridized carbons (Fsp3) is 0.643. The van der Waals surface area contributed by atoms with Crippen LogP contribution in [0.3, 0.4) is 0 Å². The van der Waals surface area contributed by atoms with Crippen LogP contribution in [0.4, 0.5) is 5.82 Å². The zero-order valence-electron chi connectivity index (χ0n) is 11.9. The molecule has 1 saturated carbocycles. The molecule has 1 N–H and O–H groups in total. The van der Waals surface area contributed by atoms with Crippen LogP contribution < -0.4 is 5.32 Å². The molecule has 6 heteroatoms. The smallest absolute Gasteiger partial charge is 0.255 e. The van der Waals surface area contributed by atoms with Crippen LogP contribution in [0.2, 0.25) is 5.15 Å². The first-order chi connectivity index (χ1) is 9.70. The molecular weight excluding hydrogens is 274 g/mol. The predicted molar refractivity (Wildman–Crippen MR) is 80.4 cm³/mol. The maximum atomic E-state index is 6.44. The zero-order chi connectivity index (χ0) is 14.1. The van der Waals surface area contributed by atoms with Crippen LogP contribution in [-0.4, -0.2) is 25.6 Å². The second-order valence-electron chi connectivity index (χ2n) is 5.57. The molecule has 2 aromatic rings. The standard InChI is InChI=1S/C14H20ClN5/c1-3-9(2)18-13-11(10-6-4-5-7-10)12(15)19-14-16-8-17-20(13)14/h8-10,18H,3-7H2,1-2H3. The molecule has 1 aliphatic carbocycles. The highest BCUT2D eigenvalue weighted by molar-refractivity contribution is 6.30. The van der Waals surface area contributed by atoms with Gasteiger partial charge in [-0.25, -0.2) is 0 Å². The lowest BCUT2D eigenvalue weighted by atomic mass is 9.99. The van der Waals surface area contributed by atoms with Crippen molar-refractivity contribution in [2.75, 3.05) is 5.32 Å². The maximum Gasteiger partial charge on any atom is 0.255 e. The van der Waals surface area contributed by atoms with Crippen molar-refractivity contribution in [3.05, 3.63) is 17.0 Å². The lowest BCUT2D eigenvalue weighted by Gasteiger charge is -2.21. The fourth-order valence-electron chi connectivity index (χ4n) is 2.88. The Hall–Kier alpha value is -1.36. The van der Waals surface area contributed by atoms with Crippen LogP contribution in [0.15, 0.2) is 6.33 Å². The third-order valence-electron chi connectivity index (χ3n) is 4.18. The van der Waals surface area contributed by atoms with Gasteiger partial charge in [-0.2, -0.15) is 19.6 Å². The molecular formula is C14H20ClN5. The van der Waals surface area contributed by atoms with Gasteiger partial charge in [0.1, 0.15) is 17.3 Å². The molecule has 0 aromatic carbocycles. The number of aromatic nitrogens is 4. The van der Waals surface area contributed by atoms with Gasteiger partial charge in [0.2, 0.25) is 0 Å². The molecule has 0 radical (unpaired) electrons. The van der Waals surface area contributed by atoms with Gasteiger partial charge in [-0.15, -0.1) is 0 Å². The Kier molecular flexibility index (Phi) is 3.78. The van der Waals surface area contributed by atoms with Crippen LogP contribution in [0.25, 0.3) is 5.78 Å². The molecule has 108 valence electrons. The number of fused-ring (bicyclic) bond motifs is 1. The van der Waals surface area contributed by atoms with Crippen LogP contribution in [0, 0.1) is 0 Å². The predicted octanol–water partition coefficient (Wildman–Crippen LogP) is 3.65. The molecule has 0 aliphatic heterocycles. The molecule has 1 fully saturated rings. The van der Waals surface area contributed by atoms with Crippen LogP contribution in [-0.2, 0) is 0 Å². The van der Waals surface area contributed by atoms with Crippen molar-refractivity contribution in [1.29, 1.82) is 0 Å². The monoisotopic (exact) mass is 293 g/mol. The van der Waals surface area contributed by atoms with E-state index < -0.39 is 0 Å². The summed E-state index contributed by atoms with van der Waals surface area (Å²) in [5.74, 6) is 2.01.